The summed E-state index contributed by atoms with van der Waals surface area (Å²) in [7, 11) is 1.42. The van der Waals surface area contributed by atoms with Gasteiger partial charge in [-0.2, -0.15) is 5.10 Å². The van der Waals surface area contributed by atoms with Gasteiger partial charge in [-0.3, -0.25) is 4.68 Å². The maximum absolute atomic E-state index is 13.0. The van der Waals surface area contributed by atoms with Gasteiger partial charge in [0.05, 0.1) is 11.9 Å². The Labute approximate surface area is 135 Å². The molecule has 130 valence electrons. The molecule has 2 atom stereocenters. The van der Waals surface area contributed by atoms with E-state index in [2.05, 4.69) is 43.4 Å². The summed E-state index contributed by atoms with van der Waals surface area (Å²) in [6.45, 7) is 9.36. The molecule has 0 aromatic carbocycles. The summed E-state index contributed by atoms with van der Waals surface area (Å²) in [5, 5.41) is 9.08. The highest BCUT2D eigenvalue weighted by atomic mass is 19.3. The quantitative estimate of drug-likeness (QED) is 0.879. The van der Waals surface area contributed by atoms with Gasteiger partial charge in [0.2, 0.25) is 0 Å². The van der Waals surface area contributed by atoms with Gasteiger partial charge >= 0.3 is 6.03 Å². The van der Waals surface area contributed by atoms with Crippen molar-refractivity contribution in [3.8, 4) is 0 Å². The number of urea groups is 1. The van der Waals surface area contributed by atoms with Gasteiger partial charge < -0.3 is 10.6 Å². The van der Waals surface area contributed by atoms with Crippen LogP contribution in [-0.4, -0.2) is 22.4 Å². The maximum Gasteiger partial charge on any atom is 0.319 e. The number of aryl methyl sites for hydroxylation is 1. The van der Waals surface area contributed by atoms with Gasteiger partial charge in [-0.15, -0.1) is 0 Å². The molecule has 0 radical (unpaired) electrons. The maximum atomic E-state index is 13.0. The van der Waals surface area contributed by atoms with Gasteiger partial charge in [0.25, 0.3) is 6.43 Å². The van der Waals surface area contributed by atoms with E-state index in [4.69, 9.17) is 0 Å². The van der Waals surface area contributed by atoms with Crippen molar-refractivity contribution in [3.05, 3.63) is 11.9 Å². The van der Waals surface area contributed by atoms with E-state index in [1.807, 2.05) is 0 Å². The SMILES string of the molecule is C[C@H]1CC[C@@](C)(CNC(=O)Nc2cnn(C)c2C(F)F)C1(C)C. The predicted molar refractivity (Wildman–Crippen MR) is 85.5 cm³/mol. The summed E-state index contributed by atoms with van der Waals surface area (Å²) in [5.41, 5.74) is -0.141. The second-order valence-corrected chi connectivity index (χ2v) is 7.40. The Morgan fingerprint density at radius 1 is 1.48 bits per heavy atom. The summed E-state index contributed by atoms with van der Waals surface area (Å²) in [5.74, 6) is 0.584. The zero-order valence-electron chi connectivity index (χ0n) is 14.4. The van der Waals surface area contributed by atoms with Crippen molar-refractivity contribution in [2.24, 2.45) is 23.8 Å². The Morgan fingerprint density at radius 2 is 2.13 bits per heavy atom. The molecule has 1 saturated carbocycles. The summed E-state index contributed by atoms with van der Waals surface area (Å²) in [6.07, 6.45) is 0.719. The second-order valence-electron chi connectivity index (χ2n) is 7.40. The Kier molecular flexibility index (Phi) is 4.69. The van der Waals surface area contributed by atoms with Crippen LogP contribution in [0, 0.1) is 16.7 Å². The summed E-state index contributed by atoms with van der Waals surface area (Å²) < 4.78 is 27.0. The lowest BCUT2D eigenvalue weighted by atomic mass is 9.66. The topological polar surface area (TPSA) is 59.0 Å². The van der Waals surface area contributed by atoms with Crippen LogP contribution >= 0.6 is 0 Å². The second kappa shape index (κ2) is 6.09. The molecule has 0 bridgehead atoms. The first-order valence-corrected chi connectivity index (χ1v) is 7.93. The highest BCUT2D eigenvalue weighted by Crippen LogP contribution is 2.55. The van der Waals surface area contributed by atoms with E-state index in [1.165, 1.54) is 13.2 Å². The van der Waals surface area contributed by atoms with Gasteiger partial charge in [0.1, 0.15) is 5.69 Å². The van der Waals surface area contributed by atoms with E-state index in [9.17, 15) is 13.6 Å². The molecule has 2 N–H and O–H groups in total. The van der Waals surface area contributed by atoms with Crippen molar-refractivity contribution in [3.63, 3.8) is 0 Å². The number of nitrogens with one attached hydrogen (secondary N) is 2. The van der Waals surface area contributed by atoms with Crippen LogP contribution in [0.15, 0.2) is 6.20 Å². The number of amides is 2. The van der Waals surface area contributed by atoms with Crippen LogP contribution in [0.5, 0.6) is 0 Å². The molecular weight excluding hydrogens is 302 g/mol. The molecule has 2 amide bonds. The fourth-order valence-corrected chi connectivity index (χ4v) is 3.37. The van der Waals surface area contributed by atoms with E-state index in [-0.39, 0.29) is 22.2 Å². The van der Waals surface area contributed by atoms with Crippen LogP contribution in [0.1, 0.15) is 52.7 Å². The van der Waals surface area contributed by atoms with E-state index in [1.54, 1.807) is 0 Å². The number of halogens is 2. The molecule has 0 spiro atoms. The minimum atomic E-state index is -2.69. The van der Waals surface area contributed by atoms with Crippen molar-refractivity contribution in [2.75, 3.05) is 11.9 Å². The van der Waals surface area contributed by atoms with Crippen LogP contribution in [0.3, 0.4) is 0 Å². The van der Waals surface area contributed by atoms with Crippen molar-refractivity contribution >= 4 is 11.7 Å². The van der Waals surface area contributed by atoms with Crippen molar-refractivity contribution in [2.45, 2.75) is 47.0 Å². The first kappa shape index (κ1) is 17.7. The largest absolute Gasteiger partial charge is 0.337 e. The average molecular weight is 328 g/mol. The standard InChI is InChI=1S/C16H26F2N4O/c1-10-6-7-16(4,15(10,2)3)9-19-14(23)21-11-8-20-22(5)12(11)13(17)18/h8,10,13H,6-7,9H2,1-5H3,(H2,19,21,23)/t10-,16-/m0/s1. The van der Waals surface area contributed by atoms with Gasteiger partial charge in [-0.05, 0) is 29.6 Å². The number of hydrogen-bond donors (Lipinski definition) is 2. The van der Waals surface area contributed by atoms with Crippen molar-refractivity contribution < 1.29 is 13.6 Å². The van der Waals surface area contributed by atoms with Crippen molar-refractivity contribution in [1.82, 2.24) is 15.1 Å². The highest BCUT2D eigenvalue weighted by Gasteiger charge is 2.49. The van der Waals surface area contributed by atoms with Crippen LogP contribution in [0.4, 0.5) is 19.3 Å². The number of anilines is 1. The monoisotopic (exact) mass is 328 g/mol. The fourth-order valence-electron chi connectivity index (χ4n) is 3.37. The molecular formula is C16H26F2N4O. The zero-order chi connectivity index (χ0) is 17.4. The van der Waals surface area contributed by atoms with Crippen molar-refractivity contribution in [1.29, 1.82) is 0 Å². The molecule has 0 aliphatic heterocycles. The molecule has 5 nitrogen and oxygen atoms in total. The molecule has 1 aliphatic carbocycles. The number of carbonyl (C=O) groups excluding carboxylic acids is 1. The van der Waals surface area contributed by atoms with Gasteiger partial charge in [0, 0.05) is 13.6 Å². The number of alkyl halides is 2. The van der Waals surface area contributed by atoms with Gasteiger partial charge in [0.15, 0.2) is 0 Å². The summed E-state index contributed by atoms with van der Waals surface area (Å²) in [4.78, 5) is 12.1. The smallest absolute Gasteiger partial charge is 0.319 e. The van der Waals surface area contributed by atoms with Crippen LogP contribution < -0.4 is 10.6 Å². The molecule has 1 aromatic rings. The summed E-state index contributed by atoms with van der Waals surface area (Å²) in [6, 6.07) is -0.475. The van der Waals surface area contributed by atoms with Gasteiger partial charge in [-0.1, -0.05) is 27.7 Å². The van der Waals surface area contributed by atoms with E-state index in [0.717, 1.165) is 17.5 Å². The predicted octanol–water partition coefficient (Wildman–Crippen LogP) is 3.94. The fraction of sp³-hybridized carbons (Fsp3) is 0.750. The molecule has 1 aromatic heterocycles. The third kappa shape index (κ3) is 3.19. The molecule has 0 saturated heterocycles. The number of carbonyl (C=O) groups is 1. The number of hydrogen-bond acceptors (Lipinski definition) is 2. The number of aromatic nitrogens is 2. The third-order valence-electron chi connectivity index (χ3n) is 6.00. The van der Waals surface area contributed by atoms with E-state index < -0.39 is 12.5 Å². The molecule has 1 aliphatic rings. The molecule has 7 heteroatoms. The van der Waals surface area contributed by atoms with Crippen LogP contribution in [-0.2, 0) is 7.05 Å². The zero-order valence-corrected chi connectivity index (χ0v) is 14.4. The number of nitrogens with zero attached hydrogens (tertiary/aromatic N) is 2. The minimum Gasteiger partial charge on any atom is -0.337 e. The van der Waals surface area contributed by atoms with Crippen LogP contribution in [0.25, 0.3) is 0 Å². The highest BCUT2D eigenvalue weighted by molar-refractivity contribution is 5.89. The first-order chi connectivity index (χ1) is 10.6. The lowest BCUT2D eigenvalue weighted by Crippen LogP contribution is -2.44. The first-order valence-electron chi connectivity index (χ1n) is 7.93. The Hall–Kier alpha value is -1.66. The third-order valence-corrected chi connectivity index (χ3v) is 6.00. The average Bonchev–Trinajstić information content (AvgIpc) is 2.91. The lowest BCUT2D eigenvalue weighted by Gasteiger charge is -2.41. The Morgan fingerprint density at radius 3 is 2.65 bits per heavy atom. The summed E-state index contributed by atoms with van der Waals surface area (Å²) >= 11 is 0. The lowest BCUT2D eigenvalue weighted by molar-refractivity contribution is 0.0972. The van der Waals surface area contributed by atoms with Gasteiger partial charge in [-0.25, -0.2) is 13.6 Å². The molecule has 1 heterocycles. The molecule has 2 rings (SSSR count). The van der Waals surface area contributed by atoms with E-state index >= 15 is 0 Å². The minimum absolute atomic E-state index is 0.00968. The number of rotatable bonds is 4. The molecule has 0 unspecified atom stereocenters. The van der Waals surface area contributed by atoms with E-state index in [0.29, 0.717) is 12.5 Å². The van der Waals surface area contributed by atoms with Crippen LogP contribution in [0.2, 0.25) is 0 Å². The normalized spacial score (nSPS) is 26.5. The Bertz CT molecular complexity index is 585. The Balaban J connectivity index is 1.99. The molecule has 1 fully saturated rings. The molecule has 23 heavy (non-hydrogen) atoms.